The highest BCUT2D eigenvalue weighted by Gasteiger charge is 2.10. The maximum absolute atomic E-state index is 8.66. The molecule has 0 saturated carbocycles. The summed E-state index contributed by atoms with van der Waals surface area (Å²) in [5, 5.41) is 0. The molecule has 3 heteroatoms. The maximum atomic E-state index is 8.66. The van der Waals surface area contributed by atoms with Crippen LogP contribution in [0.1, 0.15) is 0 Å². The first-order valence-electron chi connectivity index (χ1n) is 1.81. The van der Waals surface area contributed by atoms with Crippen molar-refractivity contribution >= 4 is 23.5 Å². The first-order valence-corrected chi connectivity index (χ1v) is 3.90. The van der Waals surface area contributed by atoms with Crippen molar-refractivity contribution in [2.75, 3.05) is 11.5 Å². The van der Waals surface area contributed by atoms with Gasteiger partial charge in [0.1, 0.15) is 4.71 Å². The van der Waals surface area contributed by atoms with Gasteiger partial charge in [-0.05, 0) is 0 Å². The van der Waals surface area contributed by atoms with Crippen molar-refractivity contribution in [1.29, 1.82) is 0 Å². The predicted molar refractivity (Wildman–Crippen MR) is 30.8 cm³/mol. The van der Waals surface area contributed by atoms with Crippen LogP contribution in [0.4, 0.5) is 0 Å². The van der Waals surface area contributed by atoms with E-state index in [1.54, 1.807) is 23.5 Å². The molecule has 1 saturated heterocycles. The van der Waals surface area contributed by atoms with Crippen molar-refractivity contribution in [3.63, 3.8) is 0 Å². The first kappa shape index (κ1) is 4.81. The van der Waals surface area contributed by atoms with Crippen molar-refractivity contribution in [3.05, 3.63) is 0 Å². The highest BCUT2D eigenvalue weighted by molar-refractivity contribution is 8.20. The van der Waals surface area contributed by atoms with Gasteiger partial charge in [-0.15, -0.1) is 29.3 Å². The average molecular weight is 119 g/mol. The van der Waals surface area contributed by atoms with E-state index in [2.05, 4.69) is 0 Å². The second kappa shape index (κ2) is 2.09. The number of hydrogen-bond acceptors (Lipinski definition) is 2. The summed E-state index contributed by atoms with van der Waals surface area (Å²) in [5.74, 6) is 2.23. The third-order valence-corrected chi connectivity index (χ3v) is 3.13. The van der Waals surface area contributed by atoms with E-state index in [9.17, 15) is 0 Å². The van der Waals surface area contributed by atoms with Gasteiger partial charge in [0.05, 0.1) is 0 Å². The molecular formula is C3H5NS2. The fraction of sp³-hybridized carbons (Fsp3) is 1.00. The minimum atomic E-state index is -0.120. The van der Waals surface area contributed by atoms with Crippen molar-refractivity contribution in [1.82, 2.24) is 5.73 Å². The van der Waals surface area contributed by atoms with Crippen LogP contribution in [0, 0.1) is 0 Å². The molecule has 0 amide bonds. The Morgan fingerprint density at radius 2 is 1.83 bits per heavy atom. The molecule has 1 heterocycles. The van der Waals surface area contributed by atoms with Gasteiger partial charge < -0.3 is 0 Å². The van der Waals surface area contributed by atoms with Crippen LogP contribution >= 0.6 is 23.5 Å². The van der Waals surface area contributed by atoms with E-state index in [-0.39, 0.29) is 4.71 Å². The summed E-state index contributed by atoms with van der Waals surface area (Å²) in [6.07, 6.45) is 0. The molecule has 34 valence electrons. The van der Waals surface area contributed by atoms with E-state index in [0.29, 0.717) is 0 Å². The summed E-state index contributed by atoms with van der Waals surface area (Å²) in [6.45, 7) is 0. The summed E-state index contributed by atoms with van der Waals surface area (Å²) in [4.78, 5) is 0. The van der Waals surface area contributed by atoms with Gasteiger partial charge in [-0.1, -0.05) is 0 Å². The quantitative estimate of drug-likeness (QED) is 0.471. The molecule has 0 spiro atoms. The fourth-order valence-electron chi connectivity index (χ4n) is 0.346. The van der Waals surface area contributed by atoms with Crippen LogP contribution in [0.2, 0.25) is 0 Å². The molecule has 0 aromatic carbocycles. The van der Waals surface area contributed by atoms with E-state index < -0.39 is 0 Å². The number of hydrogen-bond donors (Lipinski definition) is 0. The lowest BCUT2D eigenvalue weighted by Crippen LogP contribution is -1.86. The van der Waals surface area contributed by atoms with Crippen LogP contribution in [0.5, 0.6) is 0 Å². The number of nitrogens with zero attached hydrogens (tertiary/aromatic N) is 1. The molecule has 0 unspecified atom stereocenters. The molecular weight excluding hydrogens is 114 g/mol. The van der Waals surface area contributed by atoms with Crippen molar-refractivity contribution in [3.8, 4) is 0 Å². The van der Waals surface area contributed by atoms with E-state index >= 15 is 0 Å². The summed E-state index contributed by atoms with van der Waals surface area (Å²) >= 11 is 3.23. The minimum Gasteiger partial charge on any atom is -0.128 e. The van der Waals surface area contributed by atoms with E-state index in [4.69, 9.17) is 5.73 Å². The molecule has 0 bridgehead atoms. The molecule has 1 rings (SSSR count). The van der Waals surface area contributed by atoms with E-state index in [0.717, 1.165) is 11.5 Å². The standard InChI is InChI=1S/C3H5NS2/c4-3-5-1-2-6-3/h3H,1-2H2. The van der Waals surface area contributed by atoms with Gasteiger partial charge in [-0.2, -0.15) is 0 Å². The molecule has 2 radical (unpaired) electrons. The Morgan fingerprint density at radius 1 is 1.33 bits per heavy atom. The second-order valence-electron chi connectivity index (χ2n) is 1.05. The van der Waals surface area contributed by atoms with Crippen LogP contribution in [-0.2, 0) is 0 Å². The third-order valence-electron chi connectivity index (χ3n) is 0.604. The fourth-order valence-corrected chi connectivity index (χ4v) is 2.48. The lowest BCUT2D eigenvalue weighted by atomic mass is 11.0. The molecule has 0 atom stereocenters. The van der Waals surface area contributed by atoms with Crippen LogP contribution in [0.25, 0.3) is 0 Å². The monoisotopic (exact) mass is 119 g/mol. The molecule has 0 N–H and O–H groups in total. The predicted octanol–water partition coefficient (Wildman–Crippen LogP) is 0.819. The molecule has 1 nitrogen and oxygen atoms in total. The zero-order valence-corrected chi connectivity index (χ0v) is 4.89. The maximum Gasteiger partial charge on any atom is 0.134 e. The normalized spacial score (nSPS) is 25.5. The Hall–Kier alpha value is 0.660. The van der Waals surface area contributed by atoms with Gasteiger partial charge >= 0.3 is 0 Å². The number of thioether (sulfide) groups is 2. The summed E-state index contributed by atoms with van der Waals surface area (Å²) in [6, 6.07) is 0. The zero-order valence-electron chi connectivity index (χ0n) is 3.26. The van der Waals surface area contributed by atoms with Crippen molar-refractivity contribution in [2.45, 2.75) is 4.71 Å². The SMILES string of the molecule is [N]C1SCCS1. The van der Waals surface area contributed by atoms with Gasteiger partial charge in [0.15, 0.2) is 0 Å². The lowest BCUT2D eigenvalue weighted by molar-refractivity contribution is 1.26. The Kier molecular flexibility index (Phi) is 1.68. The van der Waals surface area contributed by atoms with Gasteiger partial charge in [0.25, 0.3) is 0 Å². The third kappa shape index (κ3) is 1.06. The lowest BCUT2D eigenvalue weighted by Gasteiger charge is -1.87. The molecule has 0 aromatic heterocycles. The molecule has 1 fully saturated rings. The van der Waals surface area contributed by atoms with E-state index in [1.165, 1.54) is 0 Å². The van der Waals surface area contributed by atoms with Crippen molar-refractivity contribution in [2.24, 2.45) is 0 Å². The Morgan fingerprint density at radius 3 is 2.00 bits per heavy atom. The summed E-state index contributed by atoms with van der Waals surface area (Å²) in [7, 11) is 0. The van der Waals surface area contributed by atoms with Gasteiger partial charge in [0, 0.05) is 11.5 Å². The molecule has 6 heavy (non-hydrogen) atoms. The molecule has 0 aromatic rings. The number of rotatable bonds is 0. The van der Waals surface area contributed by atoms with Crippen LogP contribution in [0.3, 0.4) is 0 Å². The van der Waals surface area contributed by atoms with E-state index in [1.807, 2.05) is 0 Å². The highest BCUT2D eigenvalue weighted by atomic mass is 32.2. The Balaban J connectivity index is 2.18. The topological polar surface area (TPSA) is 22.3 Å². The first-order chi connectivity index (χ1) is 2.89. The van der Waals surface area contributed by atoms with Crippen molar-refractivity contribution < 1.29 is 0 Å². The average Bonchev–Trinajstić information content (AvgIpc) is 1.86. The Labute approximate surface area is 46.0 Å². The largest absolute Gasteiger partial charge is 0.134 e. The smallest absolute Gasteiger partial charge is 0.128 e. The Bertz CT molecular complexity index is 42.1. The summed E-state index contributed by atoms with van der Waals surface area (Å²) < 4.78 is -0.120. The molecule has 1 aliphatic heterocycles. The minimum absolute atomic E-state index is 0.120. The van der Waals surface area contributed by atoms with Crippen LogP contribution in [0.15, 0.2) is 0 Å². The second-order valence-corrected chi connectivity index (χ2v) is 3.72. The zero-order chi connectivity index (χ0) is 4.41. The van der Waals surface area contributed by atoms with Gasteiger partial charge in [-0.3, -0.25) is 0 Å². The molecule has 0 aliphatic carbocycles. The van der Waals surface area contributed by atoms with Gasteiger partial charge in [0.2, 0.25) is 0 Å². The molecule has 1 aliphatic rings. The summed E-state index contributed by atoms with van der Waals surface area (Å²) in [5.41, 5.74) is 8.66. The van der Waals surface area contributed by atoms with Gasteiger partial charge in [-0.25, -0.2) is 0 Å². The van der Waals surface area contributed by atoms with Crippen LogP contribution < -0.4 is 5.73 Å². The van der Waals surface area contributed by atoms with Crippen LogP contribution in [-0.4, -0.2) is 16.2 Å². The highest BCUT2D eigenvalue weighted by Crippen LogP contribution is 2.27.